The number of anilines is 1. The van der Waals surface area contributed by atoms with Crippen LogP contribution in [0.4, 0.5) is 10.2 Å². The second-order valence-corrected chi connectivity index (χ2v) is 4.39. The summed E-state index contributed by atoms with van der Waals surface area (Å²) in [6, 6.07) is 3.67. The van der Waals surface area contributed by atoms with Crippen LogP contribution in [-0.4, -0.2) is 34.2 Å². The van der Waals surface area contributed by atoms with Gasteiger partial charge in [-0.15, -0.1) is 0 Å². The van der Waals surface area contributed by atoms with Gasteiger partial charge in [-0.1, -0.05) is 11.6 Å². The molecule has 88 valence electrons. The van der Waals surface area contributed by atoms with Crippen LogP contribution in [0.15, 0.2) is 18.5 Å². The van der Waals surface area contributed by atoms with E-state index < -0.39 is 6.17 Å². The molecule has 0 amide bonds. The molecule has 0 spiro atoms. The van der Waals surface area contributed by atoms with Crippen molar-refractivity contribution in [2.45, 2.75) is 12.6 Å². The molecular weight excluding hydrogens is 243 g/mol. The normalized spacial score (nSPS) is 20.1. The van der Waals surface area contributed by atoms with Gasteiger partial charge in [-0.3, -0.25) is 0 Å². The molecule has 6 heteroatoms. The summed E-state index contributed by atoms with van der Waals surface area (Å²) in [5, 5.41) is 0.327. The van der Waals surface area contributed by atoms with Gasteiger partial charge in [0.25, 0.3) is 0 Å². The molecule has 0 N–H and O–H groups in total. The van der Waals surface area contributed by atoms with Crippen molar-refractivity contribution in [3.63, 3.8) is 0 Å². The number of rotatable bonds is 1. The zero-order valence-corrected chi connectivity index (χ0v) is 9.73. The lowest BCUT2D eigenvalue weighted by Crippen LogP contribution is -2.21. The molecule has 1 atom stereocenters. The molecule has 2 aromatic heterocycles. The van der Waals surface area contributed by atoms with Crippen LogP contribution in [0.5, 0.6) is 0 Å². The van der Waals surface area contributed by atoms with Crippen LogP contribution in [0, 0.1) is 0 Å². The van der Waals surface area contributed by atoms with E-state index in [0.29, 0.717) is 35.7 Å². The third kappa shape index (κ3) is 1.91. The van der Waals surface area contributed by atoms with Gasteiger partial charge in [0.15, 0.2) is 5.15 Å². The van der Waals surface area contributed by atoms with Crippen LogP contribution >= 0.6 is 11.6 Å². The van der Waals surface area contributed by atoms with E-state index >= 15 is 0 Å². The second kappa shape index (κ2) is 4.07. The van der Waals surface area contributed by atoms with Crippen molar-refractivity contribution < 1.29 is 4.39 Å². The summed E-state index contributed by atoms with van der Waals surface area (Å²) in [4.78, 5) is 14.3. The highest BCUT2D eigenvalue weighted by Gasteiger charge is 2.23. The average Bonchev–Trinajstić information content (AvgIpc) is 2.76. The first-order chi connectivity index (χ1) is 8.24. The molecule has 0 radical (unpaired) electrons. The van der Waals surface area contributed by atoms with Crippen LogP contribution in [-0.2, 0) is 0 Å². The maximum absolute atomic E-state index is 13.1. The molecule has 0 bridgehead atoms. The maximum atomic E-state index is 13.1. The van der Waals surface area contributed by atoms with Crippen LogP contribution in [0.2, 0.25) is 5.15 Å². The summed E-state index contributed by atoms with van der Waals surface area (Å²) in [7, 11) is 0. The van der Waals surface area contributed by atoms with Gasteiger partial charge < -0.3 is 4.90 Å². The summed E-state index contributed by atoms with van der Waals surface area (Å²) in [6.07, 6.45) is 1.19. The van der Waals surface area contributed by atoms with Crippen molar-refractivity contribution in [1.82, 2.24) is 15.0 Å². The molecule has 1 aliphatic rings. The number of hydrogen-bond donors (Lipinski definition) is 0. The summed E-state index contributed by atoms with van der Waals surface area (Å²) in [6.45, 7) is 1.08. The molecular formula is C11H10ClFN4. The van der Waals surface area contributed by atoms with Gasteiger partial charge in [0.05, 0.1) is 12.1 Å². The Morgan fingerprint density at radius 1 is 1.35 bits per heavy atom. The quantitative estimate of drug-likeness (QED) is 0.730. The Morgan fingerprint density at radius 2 is 2.24 bits per heavy atom. The van der Waals surface area contributed by atoms with E-state index in [0.717, 1.165) is 5.82 Å². The van der Waals surface area contributed by atoms with Gasteiger partial charge in [0, 0.05) is 6.54 Å². The Labute approximate surface area is 102 Å². The summed E-state index contributed by atoms with van der Waals surface area (Å²) >= 11 is 5.96. The standard InChI is InChI=1S/C11H10ClFN4/c12-11-10-8(14-6-15-11)1-2-9(16-10)17-4-3-7(13)5-17/h1-2,6-7H,3-5H2. The molecule has 4 nitrogen and oxygen atoms in total. The topological polar surface area (TPSA) is 41.9 Å². The molecule has 0 aliphatic carbocycles. The molecule has 17 heavy (non-hydrogen) atoms. The fourth-order valence-electron chi connectivity index (χ4n) is 2.00. The second-order valence-electron chi connectivity index (χ2n) is 4.03. The zero-order valence-electron chi connectivity index (χ0n) is 8.98. The average molecular weight is 253 g/mol. The fourth-order valence-corrected chi connectivity index (χ4v) is 2.18. The lowest BCUT2D eigenvalue weighted by molar-refractivity contribution is 0.364. The van der Waals surface area contributed by atoms with E-state index in [1.165, 1.54) is 6.33 Å². The third-order valence-corrected chi connectivity index (χ3v) is 3.15. The van der Waals surface area contributed by atoms with Crippen LogP contribution < -0.4 is 4.90 Å². The number of alkyl halides is 1. The van der Waals surface area contributed by atoms with Crippen molar-refractivity contribution >= 4 is 28.5 Å². The van der Waals surface area contributed by atoms with Gasteiger partial charge in [0.1, 0.15) is 23.8 Å². The minimum absolute atomic E-state index is 0.327. The van der Waals surface area contributed by atoms with Crippen molar-refractivity contribution in [2.24, 2.45) is 0 Å². The lowest BCUT2D eigenvalue weighted by Gasteiger charge is -2.16. The number of halogens is 2. The summed E-state index contributed by atoms with van der Waals surface area (Å²) < 4.78 is 13.1. The van der Waals surface area contributed by atoms with Crippen molar-refractivity contribution in [1.29, 1.82) is 0 Å². The summed E-state index contributed by atoms with van der Waals surface area (Å²) in [5.41, 5.74) is 1.26. The van der Waals surface area contributed by atoms with Gasteiger partial charge in [-0.25, -0.2) is 19.3 Å². The predicted molar refractivity (Wildman–Crippen MR) is 64.1 cm³/mol. The predicted octanol–water partition coefficient (Wildman–Crippen LogP) is 2.23. The molecule has 0 aromatic carbocycles. The van der Waals surface area contributed by atoms with Crippen molar-refractivity contribution in [3.05, 3.63) is 23.6 Å². The van der Waals surface area contributed by atoms with E-state index in [1.54, 1.807) is 0 Å². The van der Waals surface area contributed by atoms with E-state index in [2.05, 4.69) is 15.0 Å². The van der Waals surface area contributed by atoms with E-state index in [9.17, 15) is 4.39 Å². The Bertz CT molecular complexity index is 562. The molecule has 3 heterocycles. The van der Waals surface area contributed by atoms with Crippen molar-refractivity contribution in [2.75, 3.05) is 18.0 Å². The minimum Gasteiger partial charge on any atom is -0.354 e. The monoisotopic (exact) mass is 252 g/mol. The van der Waals surface area contributed by atoms with E-state index in [4.69, 9.17) is 11.6 Å². The zero-order chi connectivity index (χ0) is 11.8. The molecule has 1 aliphatic heterocycles. The number of aromatic nitrogens is 3. The van der Waals surface area contributed by atoms with Gasteiger partial charge in [-0.2, -0.15) is 0 Å². The first-order valence-corrected chi connectivity index (χ1v) is 5.78. The van der Waals surface area contributed by atoms with Gasteiger partial charge >= 0.3 is 0 Å². The highest BCUT2D eigenvalue weighted by Crippen LogP contribution is 2.24. The molecule has 1 unspecified atom stereocenters. The Balaban J connectivity index is 2.04. The van der Waals surface area contributed by atoms with Gasteiger partial charge in [-0.05, 0) is 18.6 Å². The van der Waals surface area contributed by atoms with E-state index in [-0.39, 0.29) is 0 Å². The molecule has 3 rings (SSSR count). The Kier molecular flexibility index (Phi) is 2.55. The van der Waals surface area contributed by atoms with Crippen LogP contribution in [0.3, 0.4) is 0 Å². The maximum Gasteiger partial charge on any atom is 0.158 e. The number of nitrogens with zero attached hydrogens (tertiary/aromatic N) is 4. The van der Waals surface area contributed by atoms with E-state index in [1.807, 2.05) is 17.0 Å². The Hall–Kier alpha value is -1.49. The third-order valence-electron chi connectivity index (χ3n) is 2.88. The first-order valence-electron chi connectivity index (χ1n) is 5.40. The van der Waals surface area contributed by atoms with Gasteiger partial charge in [0.2, 0.25) is 0 Å². The minimum atomic E-state index is -0.769. The Morgan fingerprint density at radius 3 is 3.00 bits per heavy atom. The van der Waals surface area contributed by atoms with Crippen LogP contribution in [0.1, 0.15) is 6.42 Å². The number of pyridine rings is 1. The molecule has 1 saturated heterocycles. The fraction of sp³-hybridized carbons (Fsp3) is 0.364. The molecule has 0 saturated carbocycles. The van der Waals surface area contributed by atoms with Crippen molar-refractivity contribution in [3.8, 4) is 0 Å². The smallest absolute Gasteiger partial charge is 0.158 e. The highest BCUT2D eigenvalue weighted by molar-refractivity contribution is 6.33. The highest BCUT2D eigenvalue weighted by atomic mass is 35.5. The first kappa shape index (κ1) is 10.7. The largest absolute Gasteiger partial charge is 0.354 e. The molecule has 2 aromatic rings. The lowest BCUT2D eigenvalue weighted by atomic mass is 10.3. The summed E-state index contributed by atoms with van der Waals surface area (Å²) in [5.74, 6) is 0.731. The van der Waals surface area contributed by atoms with Crippen LogP contribution in [0.25, 0.3) is 11.0 Å². The SMILES string of the molecule is FC1CCN(c2ccc3ncnc(Cl)c3n2)C1. The molecule has 1 fully saturated rings. The number of hydrogen-bond acceptors (Lipinski definition) is 4. The number of fused-ring (bicyclic) bond motifs is 1.